The average molecular weight is 272 g/mol. The minimum absolute atomic E-state index is 0.0503. The smallest absolute Gasteiger partial charge is 0.262 e. The number of phenols is 2. The van der Waals surface area contributed by atoms with Crippen LogP contribution in [0.15, 0.2) is 42.5 Å². The Labute approximate surface area is 116 Å². The monoisotopic (exact) mass is 272 g/mol. The zero-order chi connectivity index (χ0) is 14.7. The Kier molecular flexibility index (Phi) is 3.79. The van der Waals surface area contributed by atoms with E-state index < -0.39 is 5.91 Å². The summed E-state index contributed by atoms with van der Waals surface area (Å²) in [5.41, 5.74) is 6.96. The number of hydrogen-bond donors (Lipinski definition) is 3. The fourth-order valence-electron chi connectivity index (χ4n) is 1.98. The molecule has 5 nitrogen and oxygen atoms in total. The molecule has 0 aromatic heterocycles. The lowest BCUT2D eigenvalue weighted by Crippen LogP contribution is -2.30. The predicted molar refractivity (Wildman–Crippen MR) is 78.0 cm³/mol. The maximum absolute atomic E-state index is 12.5. The summed E-state index contributed by atoms with van der Waals surface area (Å²) in [4.78, 5) is 14.0. The molecular weight excluding hydrogens is 256 g/mol. The van der Waals surface area contributed by atoms with Gasteiger partial charge in [0.25, 0.3) is 5.91 Å². The molecule has 1 amide bonds. The zero-order valence-corrected chi connectivity index (χ0v) is 11.1. The molecular formula is C15H16N2O3. The van der Waals surface area contributed by atoms with Crippen LogP contribution in [0.3, 0.4) is 0 Å². The van der Waals surface area contributed by atoms with E-state index in [0.717, 1.165) is 0 Å². The highest BCUT2D eigenvalue weighted by Crippen LogP contribution is 2.26. The molecule has 0 aliphatic heterocycles. The van der Waals surface area contributed by atoms with E-state index >= 15 is 0 Å². The second-order valence-corrected chi connectivity index (χ2v) is 4.35. The second-order valence-electron chi connectivity index (χ2n) is 4.35. The Morgan fingerprint density at radius 1 is 1.20 bits per heavy atom. The molecule has 2 aromatic rings. The normalized spacial score (nSPS) is 10.2. The number of hydrogen-bond acceptors (Lipinski definition) is 4. The first kappa shape index (κ1) is 13.7. The first-order valence-electron chi connectivity index (χ1n) is 6.22. The number of carbonyl (C=O) groups excluding carboxylic acids is 1. The first-order chi connectivity index (χ1) is 9.52. The van der Waals surface area contributed by atoms with Gasteiger partial charge in [0.15, 0.2) is 0 Å². The molecule has 0 saturated carbocycles. The lowest BCUT2D eigenvalue weighted by atomic mass is 10.1. The van der Waals surface area contributed by atoms with Gasteiger partial charge in [-0.1, -0.05) is 6.07 Å². The van der Waals surface area contributed by atoms with Crippen molar-refractivity contribution in [1.82, 2.24) is 0 Å². The van der Waals surface area contributed by atoms with E-state index in [4.69, 9.17) is 5.73 Å². The lowest BCUT2D eigenvalue weighted by Gasteiger charge is -2.22. The van der Waals surface area contributed by atoms with E-state index in [2.05, 4.69) is 0 Å². The van der Waals surface area contributed by atoms with E-state index in [9.17, 15) is 15.0 Å². The fraction of sp³-hybridized carbons (Fsp3) is 0.133. The number of nitrogens with zero attached hydrogens (tertiary/aromatic N) is 1. The molecule has 0 fully saturated rings. The minimum Gasteiger partial charge on any atom is -0.508 e. The lowest BCUT2D eigenvalue weighted by molar-refractivity contribution is 0.0985. The van der Waals surface area contributed by atoms with Crippen molar-refractivity contribution in [1.29, 1.82) is 0 Å². The predicted octanol–water partition coefficient (Wildman–Crippen LogP) is 2.35. The summed E-state index contributed by atoms with van der Waals surface area (Å²) in [5, 5.41) is 19.2. The van der Waals surface area contributed by atoms with Crippen molar-refractivity contribution in [2.45, 2.75) is 6.92 Å². The summed E-state index contributed by atoms with van der Waals surface area (Å²) in [5.74, 6) is -0.642. The molecule has 0 atom stereocenters. The Morgan fingerprint density at radius 3 is 2.60 bits per heavy atom. The summed E-state index contributed by atoms with van der Waals surface area (Å²) in [6.07, 6.45) is 0. The van der Waals surface area contributed by atoms with Crippen LogP contribution >= 0.6 is 0 Å². The van der Waals surface area contributed by atoms with Crippen LogP contribution in [0.1, 0.15) is 17.3 Å². The van der Waals surface area contributed by atoms with Crippen molar-refractivity contribution in [2.24, 2.45) is 0 Å². The van der Waals surface area contributed by atoms with Gasteiger partial charge in [0.05, 0.1) is 5.56 Å². The van der Waals surface area contributed by atoms with Crippen LogP contribution in [0.2, 0.25) is 0 Å². The Morgan fingerprint density at radius 2 is 1.95 bits per heavy atom. The van der Waals surface area contributed by atoms with Crippen LogP contribution in [0, 0.1) is 0 Å². The zero-order valence-electron chi connectivity index (χ0n) is 11.1. The average Bonchev–Trinajstić information content (AvgIpc) is 2.42. The number of rotatable bonds is 3. The van der Waals surface area contributed by atoms with Gasteiger partial charge in [-0.15, -0.1) is 0 Å². The third kappa shape index (κ3) is 2.66. The van der Waals surface area contributed by atoms with E-state index in [1.807, 2.05) is 6.92 Å². The van der Waals surface area contributed by atoms with Crippen LogP contribution in [-0.2, 0) is 0 Å². The number of nitrogen functional groups attached to an aromatic ring is 1. The van der Waals surface area contributed by atoms with Crippen LogP contribution in [0.25, 0.3) is 0 Å². The molecule has 104 valence electrons. The quantitative estimate of drug-likeness (QED) is 0.591. The molecule has 0 saturated heterocycles. The minimum atomic E-state index is -0.397. The number of benzene rings is 2. The van der Waals surface area contributed by atoms with Crippen molar-refractivity contribution in [3.05, 3.63) is 48.0 Å². The molecule has 0 radical (unpaired) electrons. The van der Waals surface area contributed by atoms with Crippen LogP contribution in [-0.4, -0.2) is 22.7 Å². The van der Waals surface area contributed by atoms with E-state index in [-0.39, 0.29) is 17.1 Å². The maximum Gasteiger partial charge on any atom is 0.262 e. The van der Waals surface area contributed by atoms with Gasteiger partial charge in [-0.3, -0.25) is 4.79 Å². The van der Waals surface area contributed by atoms with Crippen molar-refractivity contribution >= 4 is 17.3 Å². The van der Waals surface area contributed by atoms with Gasteiger partial charge in [0, 0.05) is 17.9 Å². The van der Waals surface area contributed by atoms with Gasteiger partial charge < -0.3 is 20.8 Å². The van der Waals surface area contributed by atoms with E-state index in [1.54, 1.807) is 24.3 Å². The fourth-order valence-corrected chi connectivity index (χ4v) is 1.98. The molecule has 0 heterocycles. The SMILES string of the molecule is CCN(C(=O)c1cc(O)ccc1O)c1cccc(N)c1. The molecule has 2 rings (SSSR count). The summed E-state index contributed by atoms with van der Waals surface area (Å²) in [7, 11) is 0. The summed E-state index contributed by atoms with van der Waals surface area (Å²) in [6, 6.07) is 10.8. The number of aromatic hydroxyl groups is 2. The summed E-state index contributed by atoms with van der Waals surface area (Å²) < 4.78 is 0. The van der Waals surface area contributed by atoms with E-state index in [0.29, 0.717) is 17.9 Å². The van der Waals surface area contributed by atoms with Gasteiger partial charge in [0.1, 0.15) is 11.5 Å². The molecule has 0 aliphatic carbocycles. The van der Waals surface area contributed by atoms with Gasteiger partial charge in [0.2, 0.25) is 0 Å². The first-order valence-corrected chi connectivity index (χ1v) is 6.22. The number of phenolic OH excluding ortho intramolecular Hbond substituents is 2. The molecule has 4 N–H and O–H groups in total. The Hall–Kier alpha value is -2.69. The summed E-state index contributed by atoms with van der Waals surface area (Å²) >= 11 is 0. The Bertz CT molecular complexity index is 641. The maximum atomic E-state index is 12.5. The largest absolute Gasteiger partial charge is 0.508 e. The number of anilines is 2. The van der Waals surface area contributed by atoms with Crippen LogP contribution in [0.4, 0.5) is 11.4 Å². The highest BCUT2D eigenvalue weighted by Gasteiger charge is 2.19. The van der Waals surface area contributed by atoms with Gasteiger partial charge in [-0.2, -0.15) is 0 Å². The molecule has 5 heteroatoms. The number of carbonyl (C=O) groups is 1. The van der Waals surface area contributed by atoms with Crippen molar-refractivity contribution in [3.8, 4) is 11.5 Å². The molecule has 20 heavy (non-hydrogen) atoms. The topological polar surface area (TPSA) is 86.8 Å². The Balaban J connectivity index is 2.41. The van der Waals surface area contributed by atoms with Crippen LogP contribution < -0.4 is 10.6 Å². The number of amides is 1. The molecule has 0 bridgehead atoms. The second kappa shape index (κ2) is 5.52. The van der Waals surface area contributed by atoms with Gasteiger partial charge >= 0.3 is 0 Å². The molecule has 0 unspecified atom stereocenters. The molecule has 2 aromatic carbocycles. The van der Waals surface area contributed by atoms with Crippen molar-refractivity contribution in [2.75, 3.05) is 17.2 Å². The number of nitrogens with two attached hydrogens (primary N) is 1. The van der Waals surface area contributed by atoms with E-state index in [1.165, 1.54) is 23.1 Å². The van der Waals surface area contributed by atoms with Crippen molar-refractivity contribution < 1.29 is 15.0 Å². The molecule has 0 spiro atoms. The van der Waals surface area contributed by atoms with Gasteiger partial charge in [-0.25, -0.2) is 0 Å². The third-order valence-corrected chi connectivity index (χ3v) is 2.95. The standard InChI is InChI=1S/C15H16N2O3/c1-2-17(11-5-3-4-10(16)8-11)15(20)13-9-12(18)6-7-14(13)19/h3-9,18-19H,2,16H2,1H3. The highest BCUT2D eigenvalue weighted by molar-refractivity contribution is 6.08. The molecule has 0 aliphatic rings. The summed E-state index contributed by atoms with van der Waals surface area (Å²) in [6.45, 7) is 2.23. The third-order valence-electron chi connectivity index (χ3n) is 2.95. The van der Waals surface area contributed by atoms with Gasteiger partial charge in [-0.05, 0) is 43.3 Å². The van der Waals surface area contributed by atoms with Crippen LogP contribution in [0.5, 0.6) is 11.5 Å². The van der Waals surface area contributed by atoms with Crippen molar-refractivity contribution in [3.63, 3.8) is 0 Å². The highest BCUT2D eigenvalue weighted by atomic mass is 16.3.